The standard InChI is InChI=1S/C15H11Cl2N3O2/c16-10-5-6-14(12(17)9-10)22-8-7-20-15(21)11-3-1-2-4-13(11)18-19-20/h1-6,9H,7-8H2. The number of hydrogen-bond acceptors (Lipinski definition) is 4. The molecule has 0 unspecified atom stereocenters. The number of hydrogen-bond donors (Lipinski definition) is 0. The Morgan fingerprint density at radius 2 is 1.95 bits per heavy atom. The summed E-state index contributed by atoms with van der Waals surface area (Å²) in [7, 11) is 0. The molecule has 0 aliphatic carbocycles. The largest absolute Gasteiger partial charge is 0.490 e. The maximum atomic E-state index is 12.2. The molecule has 2 aromatic carbocycles. The van der Waals surface area contributed by atoms with Crippen molar-refractivity contribution in [2.75, 3.05) is 6.61 Å². The van der Waals surface area contributed by atoms with Gasteiger partial charge >= 0.3 is 0 Å². The minimum Gasteiger partial charge on any atom is -0.490 e. The smallest absolute Gasteiger partial charge is 0.277 e. The fourth-order valence-corrected chi connectivity index (χ4v) is 2.47. The van der Waals surface area contributed by atoms with Crippen LogP contribution in [0, 0.1) is 0 Å². The lowest BCUT2D eigenvalue weighted by molar-refractivity contribution is 0.286. The Balaban J connectivity index is 1.74. The normalized spacial score (nSPS) is 10.8. The summed E-state index contributed by atoms with van der Waals surface area (Å²) in [6.45, 7) is 0.518. The lowest BCUT2D eigenvalue weighted by atomic mass is 10.2. The molecule has 5 nitrogen and oxygen atoms in total. The second kappa shape index (κ2) is 6.34. The molecule has 3 aromatic rings. The van der Waals surface area contributed by atoms with Gasteiger partial charge in [-0.1, -0.05) is 40.5 Å². The van der Waals surface area contributed by atoms with Crippen molar-refractivity contribution in [1.29, 1.82) is 0 Å². The average Bonchev–Trinajstić information content (AvgIpc) is 2.52. The van der Waals surface area contributed by atoms with E-state index >= 15 is 0 Å². The van der Waals surface area contributed by atoms with E-state index in [1.54, 1.807) is 36.4 Å². The van der Waals surface area contributed by atoms with Gasteiger partial charge in [-0.25, -0.2) is 4.68 Å². The van der Waals surface area contributed by atoms with Gasteiger partial charge in [0.1, 0.15) is 17.9 Å². The summed E-state index contributed by atoms with van der Waals surface area (Å²) in [5.41, 5.74) is 0.377. The molecule has 112 valence electrons. The van der Waals surface area contributed by atoms with Gasteiger partial charge < -0.3 is 4.74 Å². The third-order valence-electron chi connectivity index (χ3n) is 3.08. The number of nitrogens with zero attached hydrogens (tertiary/aromatic N) is 3. The van der Waals surface area contributed by atoms with Crippen LogP contribution >= 0.6 is 23.2 Å². The molecule has 0 saturated carbocycles. The summed E-state index contributed by atoms with van der Waals surface area (Å²) < 4.78 is 6.81. The van der Waals surface area contributed by atoms with Crippen LogP contribution in [0.4, 0.5) is 0 Å². The Bertz CT molecular complexity index is 880. The van der Waals surface area contributed by atoms with Crippen LogP contribution in [0.15, 0.2) is 47.3 Å². The lowest BCUT2D eigenvalue weighted by Crippen LogP contribution is -2.26. The maximum absolute atomic E-state index is 12.2. The van der Waals surface area contributed by atoms with Crippen LogP contribution in [-0.2, 0) is 6.54 Å². The van der Waals surface area contributed by atoms with Crippen LogP contribution in [-0.4, -0.2) is 21.6 Å². The summed E-state index contributed by atoms with van der Waals surface area (Å²) in [4.78, 5) is 12.2. The topological polar surface area (TPSA) is 57.0 Å². The van der Waals surface area contributed by atoms with Crippen molar-refractivity contribution in [2.24, 2.45) is 0 Å². The van der Waals surface area contributed by atoms with Crippen molar-refractivity contribution in [3.63, 3.8) is 0 Å². The molecule has 0 atom stereocenters. The Kier molecular flexibility index (Phi) is 4.27. The highest BCUT2D eigenvalue weighted by atomic mass is 35.5. The number of aromatic nitrogens is 3. The summed E-state index contributed by atoms with van der Waals surface area (Å²) in [5, 5.41) is 9.39. The second-order valence-corrected chi connectivity index (χ2v) is 5.40. The van der Waals surface area contributed by atoms with Crippen LogP contribution in [0.2, 0.25) is 10.0 Å². The quantitative estimate of drug-likeness (QED) is 0.734. The van der Waals surface area contributed by atoms with E-state index < -0.39 is 0 Å². The number of rotatable bonds is 4. The Morgan fingerprint density at radius 1 is 1.14 bits per heavy atom. The molecule has 0 spiro atoms. The molecule has 0 aliphatic rings. The number of fused-ring (bicyclic) bond motifs is 1. The molecular formula is C15H11Cl2N3O2. The van der Waals surface area contributed by atoms with Crippen LogP contribution < -0.4 is 10.3 Å². The van der Waals surface area contributed by atoms with Crippen molar-refractivity contribution in [1.82, 2.24) is 15.0 Å². The van der Waals surface area contributed by atoms with Gasteiger partial charge in [0, 0.05) is 5.02 Å². The molecule has 0 bridgehead atoms. The summed E-state index contributed by atoms with van der Waals surface area (Å²) in [6.07, 6.45) is 0. The average molecular weight is 336 g/mol. The molecule has 0 N–H and O–H groups in total. The second-order valence-electron chi connectivity index (χ2n) is 4.56. The molecule has 0 saturated heterocycles. The van der Waals surface area contributed by atoms with Gasteiger partial charge in [0.2, 0.25) is 0 Å². The monoisotopic (exact) mass is 335 g/mol. The zero-order valence-electron chi connectivity index (χ0n) is 11.4. The molecular weight excluding hydrogens is 325 g/mol. The predicted molar refractivity (Wildman–Crippen MR) is 85.8 cm³/mol. The molecule has 7 heteroatoms. The van der Waals surface area contributed by atoms with Gasteiger partial charge in [0.05, 0.1) is 17.0 Å². The zero-order chi connectivity index (χ0) is 15.5. The Labute approximate surface area is 136 Å². The van der Waals surface area contributed by atoms with E-state index in [9.17, 15) is 4.79 Å². The first-order valence-electron chi connectivity index (χ1n) is 6.55. The molecule has 0 amide bonds. The SMILES string of the molecule is O=c1c2ccccc2nnn1CCOc1ccc(Cl)cc1Cl. The van der Waals surface area contributed by atoms with Crippen LogP contribution in [0.25, 0.3) is 10.9 Å². The van der Waals surface area contributed by atoms with Crippen molar-refractivity contribution in [3.8, 4) is 5.75 Å². The predicted octanol–water partition coefficient (Wildman–Crippen LogP) is 3.18. The molecule has 22 heavy (non-hydrogen) atoms. The highest BCUT2D eigenvalue weighted by Gasteiger charge is 2.06. The van der Waals surface area contributed by atoms with E-state index in [-0.39, 0.29) is 18.7 Å². The maximum Gasteiger partial charge on any atom is 0.277 e. The van der Waals surface area contributed by atoms with E-state index in [1.807, 2.05) is 6.07 Å². The molecule has 0 aliphatic heterocycles. The minimum absolute atomic E-state index is 0.198. The fourth-order valence-electron chi connectivity index (χ4n) is 2.00. The summed E-state index contributed by atoms with van der Waals surface area (Å²) >= 11 is 11.8. The van der Waals surface area contributed by atoms with Gasteiger partial charge in [-0.2, -0.15) is 0 Å². The summed E-state index contributed by atoms with van der Waals surface area (Å²) in [5.74, 6) is 0.507. The highest BCUT2D eigenvalue weighted by molar-refractivity contribution is 6.35. The molecule has 0 fully saturated rings. The van der Waals surface area contributed by atoms with Gasteiger partial charge in [0.25, 0.3) is 5.56 Å². The van der Waals surface area contributed by atoms with E-state index in [1.165, 1.54) is 4.68 Å². The third kappa shape index (κ3) is 3.05. The first kappa shape index (κ1) is 14.8. The number of benzene rings is 2. The molecule has 1 aromatic heterocycles. The van der Waals surface area contributed by atoms with E-state index in [0.29, 0.717) is 26.7 Å². The summed E-state index contributed by atoms with van der Waals surface area (Å²) in [6, 6.07) is 12.0. The number of ether oxygens (including phenoxy) is 1. The first-order chi connectivity index (χ1) is 10.6. The highest BCUT2D eigenvalue weighted by Crippen LogP contribution is 2.27. The van der Waals surface area contributed by atoms with Crippen molar-refractivity contribution in [2.45, 2.75) is 6.54 Å². The van der Waals surface area contributed by atoms with E-state index in [0.717, 1.165) is 0 Å². The lowest BCUT2D eigenvalue weighted by Gasteiger charge is -2.09. The minimum atomic E-state index is -0.198. The van der Waals surface area contributed by atoms with Crippen LogP contribution in [0.1, 0.15) is 0 Å². The van der Waals surface area contributed by atoms with Gasteiger partial charge in [0.15, 0.2) is 0 Å². The third-order valence-corrected chi connectivity index (χ3v) is 3.61. The Morgan fingerprint density at radius 3 is 2.77 bits per heavy atom. The zero-order valence-corrected chi connectivity index (χ0v) is 12.9. The van der Waals surface area contributed by atoms with Gasteiger partial charge in [-0.15, -0.1) is 5.10 Å². The van der Waals surface area contributed by atoms with Crippen LogP contribution in [0.3, 0.4) is 0 Å². The molecule has 3 rings (SSSR count). The van der Waals surface area contributed by atoms with Crippen molar-refractivity contribution in [3.05, 3.63) is 62.9 Å². The van der Waals surface area contributed by atoms with Gasteiger partial charge in [-0.05, 0) is 30.3 Å². The molecule has 1 heterocycles. The first-order valence-corrected chi connectivity index (χ1v) is 7.31. The van der Waals surface area contributed by atoms with Gasteiger partial charge in [-0.3, -0.25) is 4.79 Å². The fraction of sp³-hybridized carbons (Fsp3) is 0.133. The molecule has 0 radical (unpaired) electrons. The van der Waals surface area contributed by atoms with Crippen molar-refractivity contribution < 1.29 is 4.74 Å². The van der Waals surface area contributed by atoms with E-state index in [4.69, 9.17) is 27.9 Å². The van der Waals surface area contributed by atoms with E-state index in [2.05, 4.69) is 10.3 Å². The Hall–Kier alpha value is -2.11. The van der Waals surface area contributed by atoms with Crippen molar-refractivity contribution >= 4 is 34.1 Å². The number of halogens is 2. The van der Waals surface area contributed by atoms with Crippen LogP contribution in [0.5, 0.6) is 5.75 Å².